The average Bonchev–Trinajstić information content (AvgIpc) is 3.24. The van der Waals surface area contributed by atoms with E-state index in [1.54, 1.807) is 7.11 Å². The van der Waals surface area contributed by atoms with Crippen LogP contribution >= 0.6 is 0 Å². The molecule has 0 unspecified atom stereocenters. The molecule has 1 saturated carbocycles. The smallest absolute Gasteiger partial charge is 0.273 e. The van der Waals surface area contributed by atoms with Crippen LogP contribution in [0.1, 0.15) is 18.4 Å². The standard InChI is InChI=1S/C17H17N3O2/c1-20-9-11(13-8-12(22-2)5-6-15(13)20)7-14-16(10-3-4-10)18-19-17(14)21/h5-10H,3-4H2,1-2H3,(H,19,21). The molecule has 0 bridgehead atoms. The third-order valence-corrected chi connectivity index (χ3v) is 4.29. The molecule has 0 radical (unpaired) electrons. The summed E-state index contributed by atoms with van der Waals surface area (Å²) >= 11 is 0. The number of hydrazone groups is 1. The van der Waals surface area contributed by atoms with E-state index in [0.29, 0.717) is 11.5 Å². The summed E-state index contributed by atoms with van der Waals surface area (Å²) in [5.74, 6) is 1.14. The number of nitrogens with one attached hydrogen (secondary N) is 1. The van der Waals surface area contributed by atoms with Gasteiger partial charge in [0.1, 0.15) is 5.75 Å². The van der Waals surface area contributed by atoms with Gasteiger partial charge in [0, 0.05) is 35.6 Å². The average molecular weight is 295 g/mol. The Bertz CT molecular complexity index is 841. The molecule has 1 aliphatic carbocycles. The van der Waals surface area contributed by atoms with Crippen LogP contribution < -0.4 is 10.2 Å². The fourth-order valence-corrected chi connectivity index (χ4v) is 2.95. The van der Waals surface area contributed by atoms with Gasteiger partial charge in [-0.25, -0.2) is 5.43 Å². The number of methoxy groups -OCH3 is 1. The van der Waals surface area contributed by atoms with Gasteiger partial charge in [0.15, 0.2) is 0 Å². The molecule has 0 atom stereocenters. The second kappa shape index (κ2) is 4.73. The predicted molar refractivity (Wildman–Crippen MR) is 85.7 cm³/mol. The lowest BCUT2D eigenvalue weighted by atomic mass is 10.0. The molecule has 1 aliphatic heterocycles. The molecule has 1 aromatic heterocycles. The molecule has 1 N–H and O–H groups in total. The largest absolute Gasteiger partial charge is 0.497 e. The lowest BCUT2D eigenvalue weighted by molar-refractivity contribution is -0.116. The van der Waals surface area contributed by atoms with E-state index in [9.17, 15) is 4.79 Å². The summed E-state index contributed by atoms with van der Waals surface area (Å²) in [4.78, 5) is 12.1. The first-order chi connectivity index (χ1) is 10.7. The highest BCUT2D eigenvalue weighted by atomic mass is 16.5. The van der Waals surface area contributed by atoms with E-state index in [1.165, 1.54) is 0 Å². The van der Waals surface area contributed by atoms with Gasteiger partial charge in [-0.1, -0.05) is 0 Å². The van der Waals surface area contributed by atoms with Crippen LogP contribution in [0, 0.1) is 5.92 Å². The number of aryl methyl sites for hydroxylation is 1. The van der Waals surface area contributed by atoms with Crippen molar-refractivity contribution in [3.8, 4) is 5.75 Å². The molecule has 5 nitrogen and oxygen atoms in total. The predicted octanol–water partition coefficient (Wildman–Crippen LogP) is 2.47. The van der Waals surface area contributed by atoms with Crippen molar-refractivity contribution in [3.63, 3.8) is 0 Å². The second-order valence-corrected chi connectivity index (χ2v) is 5.85. The Hall–Kier alpha value is -2.56. The van der Waals surface area contributed by atoms with Crippen LogP contribution in [0.5, 0.6) is 5.75 Å². The molecular weight excluding hydrogens is 278 g/mol. The summed E-state index contributed by atoms with van der Waals surface area (Å²) in [6, 6.07) is 5.97. The highest BCUT2D eigenvalue weighted by molar-refractivity contribution is 6.29. The number of ether oxygens (including phenoxy) is 1. The van der Waals surface area contributed by atoms with Crippen LogP contribution in [0.4, 0.5) is 0 Å². The minimum absolute atomic E-state index is 0.109. The molecule has 2 heterocycles. The highest BCUT2D eigenvalue weighted by Crippen LogP contribution is 2.36. The molecule has 1 fully saturated rings. The molecule has 2 aliphatic rings. The number of carbonyl (C=O) groups is 1. The number of fused-ring (bicyclic) bond motifs is 1. The van der Waals surface area contributed by atoms with Gasteiger partial charge in [-0.05, 0) is 37.1 Å². The van der Waals surface area contributed by atoms with Gasteiger partial charge >= 0.3 is 0 Å². The zero-order chi connectivity index (χ0) is 15.3. The van der Waals surface area contributed by atoms with Gasteiger partial charge in [0.2, 0.25) is 0 Å². The van der Waals surface area contributed by atoms with E-state index in [2.05, 4.69) is 15.1 Å². The van der Waals surface area contributed by atoms with E-state index in [0.717, 1.165) is 40.8 Å². The van der Waals surface area contributed by atoms with Gasteiger partial charge in [0.05, 0.1) is 18.4 Å². The number of amides is 1. The molecule has 112 valence electrons. The van der Waals surface area contributed by atoms with E-state index >= 15 is 0 Å². The van der Waals surface area contributed by atoms with Gasteiger partial charge in [-0.3, -0.25) is 4.79 Å². The summed E-state index contributed by atoms with van der Waals surface area (Å²) in [6.07, 6.45) is 6.22. The van der Waals surface area contributed by atoms with E-state index in [-0.39, 0.29) is 5.91 Å². The van der Waals surface area contributed by atoms with Gasteiger partial charge in [-0.2, -0.15) is 5.10 Å². The number of nitrogens with zero attached hydrogens (tertiary/aromatic N) is 2. The number of aromatic nitrogens is 1. The van der Waals surface area contributed by atoms with Crippen molar-refractivity contribution in [1.82, 2.24) is 9.99 Å². The minimum Gasteiger partial charge on any atom is -0.497 e. The van der Waals surface area contributed by atoms with Crippen molar-refractivity contribution >= 4 is 28.6 Å². The molecule has 0 spiro atoms. The number of rotatable bonds is 3. The quantitative estimate of drug-likeness (QED) is 0.884. The summed E-state index contributed by atoms with van der Waals surface area (Å²) in [7, 11) is 3.66. The van der Waals surface area contributed by atoms with E-state index in [1.807, 2.05) is 37.5 Å². The first kappa shape index (κ1) is 13.1. The van der Waals surface area contributed by atoms with Crippen molar-refractivity contribution in [2.75, 3.05) is 7.11 Å². The molecule has 22 heavy (non-hydrogen) atoms. The topological polar surface area (TPSA) is 55.6 Å². The minimum atomic E-state index is -0.109. The fraction of sp³-hybridized carbons (Fsp3) is 0.294. The lowest BCUT2D eigenvalue weighted by Gasteiger charge is -2.01. The summed E-state index contributed by atoms with van der Waals surface area (Å²) < 4.78 is 7.37. The Morgan fingerprint density at radius 3 is 2.95 bits per heavy atom. The third-order valence-electron chi connectivity index (χ3n) is 4.29. The Morgan fingerprint density at radius 1 is 1.41 bits per heavy atom. The molecule has 1 amide bonds. The monoisotopic (exact) mass is 295 g/mol. The van der Waals surface area contributed by atoms with Crippen LogP contribution in [0.2, 0.25) is 0 Å². The van der Waals surface area contributed by atoms with Crippen LogP contribution in [0.15, 0.2) is 35.1 Å². The van der Waals surface area contributed by atoms with Crippen LogP contribution in [-0.2, 0) is 11.8 Å². The Kier molecular flexibility index (Phi) is 2.82. The maximum Gasteiger partial charge on any atom is 0.273 e. The number of carbonyl (C=O) groups excluding carboxylic acids is 1. The van der Waals surface area contributed by atoms with Crippen molar-refractivity contribution in [3.05, 3.63) is 35.5 Å². The number of hydrogen-bond donors (Lipinski definition) is 1. The van der Waals surface area contributed by atoms with Crippen molar-refractivity contribution < 1.29 is 9.53 Å². The third kappa shape index (κ3) is 2.01. The number of hydrogen-bond acceptors (Lipinski definition) is 3. The zero-order valence-electron chi connectivity index (χ0n) is 12.6. The van der Waals surface area contributed by atoms with Crippen LogP contribution in [-0.4, -0.2) is 23.3 Å². The van der Waals surface area contributed by atoms with E-state index < -0.39 is 0 Å². The maximum atomic E-state index is 12.1. The Balaban J connectivity index is 1.85. The van der Waals surface area contributed by atoms with E-state index in [4.69, 9.17) is 4.74 Å². The Labute approximate surface area is 128 Å². The lowest BCUT2D eigenvalue weighted by Crippen LogP contribution is -2.13. The van der Waals surface area contributed by atoms with Gasteiger partial charge in [-0.15, -0.1) is 0 Å². The summed E-state index contributed by atoms with van der Waals surface area (Å²) in [6.45, 7) is 0. The van der Waals surface area contributed by atoms with Crippen LogP contribution in [0.25, 0.3) is 17.0 Å². The normalized spacial score (nSPS) is 19.6. The molecule has 1 aromatic carbocycles. The molecule has 2 aromatic rings. The van der Waals surface area contributed by atoms with Crippen molar-refractivity contribution in [2.45, 2.75) is 12.8 Å². The second-order valence-electron chi connectivity index (χ2n) is 5.85. The highest BCUT2D eigenvalue weighted by Gasteiger charge is 2.35. The summed E-state index contributed by atoms with van der Waals surface area (Å²) in [5, 5.41) is 5.27. The SMILES string of the molecule is COc1ccc2c(c1)c(C=C1C(=O)NN=C1C1CC1)cn2C. The molecule has 4 rings (SSSR count). The number of benzene rings is 1. The van der Waals surface area contributed by atoms with Crippen molar-refractivity contribution in [1.29, 1.82) is 0 Å². The first-order valence-electron chi connectivity index (χ1n) is 7.40. The molecule has 0 saturated heterocycles. The van der Waals surface area contributed by atoms with Gasteiger partial charge in [0.25, 0.3) is 5.91 Å². The van der Waals surface area contributed by atoms with Gasteiger partial charge < -0.3 is 9.30 Å². The first-order valence-corrected chi connectivity index (χ1v) is 7.40. The Morgan fingerprint density at radius 2 is 2.23 bits per heavy atom. The summed E-state index contributed by atoms with van der Waals surface area (Å²) in [5.41, 5.74) is 6.31. The van der Waals surface area contributed by atoms with Crippen LogP contribution in [0.3, 0.4) is 0 Å². The fourth-order valence-electron chi connectivity index (χ4n) is 2.95. The zero-order valence-corrected chi connectivity index (χ0v) is 12.6. The molecular formula is C17H17N3O2. The maximum absolute atomic E-state index is 12.1. The van der Waals surface area contributed by atoms with Crippen molar-refractivity contribution in [2.24, 2.45) is 18.1 Å². The molecule has 5 heteroatoms.